The standard InChI is InChI=1S/C39H81O3P/c1-4-7-9-11-13-15-17-19-21-23-25-27-29-31-33-35-38-41-43(40-37-6-3)42-39-36-34-32-30-28-26-24-22-20-18-16-14-12-10-8-5-2/h4-39H2,1-3H3. The molecule has 0 aliphatic rings. The Morgan fingerprint density at radius 3 is 0.674 bits per heavy atom. The minimum absolute atomic E-state index is 0.740. The Bertz CT molecular complexity index is 437. The van der Waals surface area contributed by atoms with Gasteiger partial charge in [0.25, 0.3) is 0 Å². The Labute approximate surface area is 274 Å². The molecular weight excluding hydrogens is 547 g/mol. The maximum atomic E-state index is 6.01. The maximum Gasteiger partial charge on any atom is 0.332 e. The molecule has 0 saturated heterocycles. The van der Waals surface area contributed by atoms with Crippen molar-refractivity contribution in [3.63, 3.8) is 0 Å². The van der Waals surface area contributed by atoms with Gasteiger partial charge in [-0.3, -0.25) is 0 Å². The lowest BCUT2D eigenvalue weighted by atomic mass is 10.0. The van der Waals surface area contributed by atoms with Gasteiger partial charge in [-0.1, -0.05) is 213 Å². The first-order valence-electron chi connectivity index (χ1n) is 20.0. The summed E-state index contributed by atoms with van der Waals surface area (Å²) in [4.78, 5) is 0. The number of hydrogen-bond acceptors (Lipinski definition) is 3. The average Bonchev–Trinajstić information content (AvgIpc) is 3.02. The van der Waals surface area contributed by atoms with E-state index in [1.54, 1.807) is 0 Å². The molecule has 0 heterocycles. The second kappa shape index (κ2) is 40.3. The molecule has 0 bridgehead atoms. The molecule has 0 aromatic heterocycles. The zero-order valence-corrected chi connectivity index (χ0v) is 31.0. The van der Waals surface area contributed by atoms with E-state index in [0.717, 1.165) is 39.1 Å². The molecule has 43 heavy (non-hydrogen) atoms. The van der Waals surface area contributed by atoms with Crippen molar-refractivity contribution in [2.24, 2.45) is 0 Å². The third kappa shape index (κ3) is 38.4. The van der Waals surface area contributed by atoms with Crippen LogP contribution in [0, 0.1) is 0 Å². The van der Waals surface area contributed by atoms with E-state index in [2.05, 4.69) is 20.8 Å². The first-order valence-corrected chi connectivity index (χ1v) is 21.1. The Hall–Kier alpha value is 0.310. The van der Waals surface area contributed by atoms with Gasteiger partial charge in [0.2, 0.25) is 0 Å². The zero-order valence-electron chi connectivity index (χ0n) is 30.1. The molecule has 0 aliphatic heterocycles. The smallest absolute Gasteiger partial charge is 0.312 e. The second-order valence-electron chi connectivity index (χ2n) is 13.3. The minimum Gasteiger partial charge on any atom is -0.312 e. The van der Waals surface area contributed by atoms with Crippen molar-refractivity contribution in [1.82, 2.24) is 0 Å². The number of rotatable bonds is 39. The molecule has 0 aliphatic carbocycles. The van der Waals surface area contributed by atoms with Gasteiger partial charge in [-0.2, -0.15) is 0 Å². The van der Waals surface area contributed by atoms with Gasteiger partial charge in [-0.25, -0.2) is 0 Å². The molecule has 0 aromatic carbocycles. The van der Waals surface area contributed by atoms with Crippen LogP contribution in [0.3, 0.4) is 0 Å². The largest absolute Gasteiger partial charge is 0.332 e. The summed E-state index contributed by atoms with van der Waals surface area (Å²) in [5.74, 6) is 0. The Morgan fingerprint density at radius 2 is 0.442 bits per heavy atom. The van der Waals surface area contributed by atoms with Crippen LogP contribution in [0.2, 0.25) is 0 Å². The molecule has 0 atom stereocenters. The molecule has 0 saturated carbocycles. The summed E-state index contributed by atoms with van der Waals surface area (Å²) in [7, 11) is -1.15. The minimum atomic E-state index is -1.15. The highest BCUT2D eigenvalue weighted by Gasteiger charge is 2.11. The summed E-state index contributed by atoms with van der Waals surface area (Å²) >= 11 is 0. The summed E-state index contributed by atoms with van der Waals surface area (Å²) in [6.07, 6.45) is 45.8. The van der Waals surface area contributed by atoms with Crippen LogP contribution in [-0.4, -0.2) is 19.8 Å². The lowest BCUT2D eigenvalue weighted by molar-refractivity contribution is 0.156. The highest BCUT2D eigenvalue weighted by atomic mass is 31.2. The van der Waals surface area contributed by atoms with Crippen molar-refractivity contribution >= 4 is 8.60 Å². The van der Waals surface area contributed by atoms with Crippen molar-refractivity contribution in [3.8, 4) is 0 Å². The average molecular weight is 629 g/mol. The molecule has 0 rings (SSSR count). The fourth-order valence-electron chi connectivity index (χ4n) is 5.86. The topological polar surface area (TPSA) is 27.7 Å². The molecule has 0 radical (unpaired) electrons. The molecular formula is C39H81O3P. The van der Waals surface area contributed by atoms with Crippen LogP contribution in [-0.2, 0) is 13.6 Å². The first-order chi connectivity index (χ1) is 21.3. The number of hydrogen-bond donors (Lipinski definition) is 0. The SMILES string of the molecule is CCCCCCCCCCCCCCCCCCOP(OCCC)OCCCCCCCCCCCCCCCCCC. The summed E-state index contributed by atoms with van der Waals surface area (Å²) < 4.78 is 17.9. The van der Waals surface area contributed by atoms with E-state index in [1.165, 1.54) is 193 Å². The van der Waals surface area contributed by atoms with Gasteiger partial charge in [-0.05, 0) is 19.3 Å². The molecule has 0 N–H and O–H groups in total. The van der Waals surface area contributed by atoms with E-state index >= 15 is 0 Å². The van der Waals surface area contributed by atoms with Crippen LogP contribution in [0.1, 0.15) is 233 Å². The summed E-state index contributed by atoms with van der Waals surface area (Å²) in [6, 6.07) is 0. The van der Waals surface area contributed by atoms with Crippen LogP contribution < -0.4 is 0 Å². The van der Waals surface area contributed by atoms with E-state index in [4.69, 9.17) is 13.6 Å². The summed E-state index contributed by atoms with van der Waals surface area (Å²) in [5.41, 5.74) is 0. The Morgan fingerprint density at radius 1 is 0.233 bits per heavy atom. The van der Waals surface area contributed by atoms with Gasteiger partial charge in [0.15, 0.2) is 0 Å². The first kappa shape index (κ1) is 43.3. The van der Waals surface area contributed by atoms with Crippen molar-refractivity contribution < 1.29 is 13.6 Å². The van der Waals surface area contributed by atoms with Gasteiger partial charge < -0.3 is 13.6 Å². The lowest BCUT2D eigenvalue weighted by Gasteiger charge is -2.16. The molecule has 260 valence electrons. The lowest BCUT2D eigenvalue weighted by Crippen LogP contribution is -2.00. The zero-order chi connectivity index (χ0) is 31.2. The van der Waals surface area contributed by atoms with Crippen molar-refractivity contribution in [1.29, 1.82) is 0 Å². The maximum absolute atomic E-state index is 6.01. The molecule has 0 amide bonds. The van der Waals surface area contributed by atoms with Crippen molar-refractivity contribution in [2.75, 3.05) is 19.8 Å². The van der Waals surface area contributed by atoms with E-state index < -0.39 is 8.60 Å². The van der Waals surface area contributed by atoms with E-state index in [9.17, 15) is 0 Å². The van der Waals surface area contributed by atoms with Crippen LogP contribution in [0.15, 0.2) is 0 Å². The Kier molecular flexibility index (Phi) is 40.6. The molecule has 4 heteroatoms. The van der Waals surface area contributed by atoms with E-state index in [1.807, 2.05) is 0 Å². The normalized spacial score (nSPS) is 11.7. The van der Waals surface area contributed by atoms with Crippen LogP contribution in [0.4, 0.5) is 0 Å². The monoisotopic (exact) mass is 629 g/mol. The van der Waals surface area contributed by atoms with Crippen molar-refractivity contribution in [2.45, 2.75) is 233 Å². The fraction of sp³-hybridized carbons (Fsp3) is 1.00. The predicted molar refractivity (Wildman–Crippen MR) is 194 cm³/mol. The van der Waals surface area contributed by atoms with Gasteiger partial charge in [0, 0.05) is 0 Å². The summed E-state index contributed by atoms with van der Waals surface area (Å²) in [6.45, 7) is 9.06. The second-order valence-corrected chi connectivity index (χ2v) is 14.6. The van der Waals surface area contributed by atoms with E-state index in [-0.39, 0.29) is 0 Å². The fourth-order valence-corrected chi connectivity index (χ4v) is 6.97. The predicted octanol–water partition coefficient (Wildman–Crippen LogP) is 15.2. The highest BCUT2D eigenvalue weighted by Crippen LogP contribution is 2.40. The van der Waals surface area contributed by atoms with Crippen molar-refractivity contribution in [3.05, 3.63) is 0 Å². The quantitative estimate of drug-likeness (QED) is 0.0501. The highest BCUT2D eigenvalue weighted by molar-refractivity contribution is 7.41. The molecule has 0 unspecified atom stereocenters. The van der Waals surface area contributed by atoms with Gasteiger partial charge in [0.1, 0.15) is 0 Å². The molecule has 0 aromatic rings. The Balaban J connectivity index is 3.43. The van der Waals surface area contributed by atoms with Gasteiger partial charge in [0.05, 0.1) is 19.8 Å². The molecule has 3 nitrogen and oxygen atoms in total. The van der Waals surface area contributed by atoms with Gasteiger partial charge in [-0.15, -0.1) is 0 Å². The van der Waals surface area contributed by atoms with Crippen LogP contribution >= 0.6 is 8.60 Å². The molecule has 0 spiro atoms. The summed E-state index contributed by atoms with van der Waals surface area (Å²) in [5, 5.41) is 0. The van der Waals surface area contributed by atoms with Gasteiger partial charge >= 0.3 is 8.60 Å². The number of unbranched alkanes of at least 4 members (excludes halogenated alkanes) is 30. The molecule has 0 fully saturated rings. The van der Waals surface area contributed by atoms with Crippen LogP contribution in [0.25, 0.3) is 0 Å². The van der Waals surface area contributed by atoms with Crippen LogP contribution in [0.5, 0.6) is 0 Å². The third-order valence-electron chi connectivity index (χ3n) is 8.79. The third-order valence-corrected chi connectivity index (χ3v) is 9.97. The van der Waals surface area contributed by atoms with E-state index in [0.29, 0.717) is 0 Å².